The van der Waals surface area contributed by atoms with Crippen molar-refractivity contribution in [2.24, 2.45) is 11.8 Å². The molecular formula is C15H25N3O2. The number of aromatic nitrogens is 2. The van der Waals surface area contributed by atoms with Crippen molar-refractivity contribution in [1.29, 1.82) is 0 Å². The Balaban J connectivity index is 1.89. The van der Waals surface area contributed by atoms with E-state index >= 15 is 0 Å². The fraction of sp³-hybridized carbons (Fsp3) is 0.733. The number of ether oxygens (including phenoxy) is 1. The molecule has 1 aliphatic carbocycles. The van der Waals surface area contributed by atoms with Crippen molar-refractivity contribution < 1.29 is 9.53 Å². The van der Waals surface area contributed by atoms with Crippen LogP contribution in [-0.4, -0.2) is 22.1 Å². The van der Waals surface area contributed by atoms with Crippen LogP contribution in [0.3, 0.4) is 0 Å². The van der Waals surface area contributed by atoms with E-state index in [1.54, 1.807) is 13.3 Å². The summed E-state index contributed by atoms with van der Waals surface area (Å²) in [7, 11) is 0. The molecule has 1 aromatic heterocycles. The predicted molar refractivity (Wildman–Crippen MR) is 78.3 cm³/mol. The number of aryl methyl sites for hydroxylation is 1. The van der Waals surface area contributed by atoms with E-state index in [9.17, 15) is 4.79 Å². The first-order valence-corrected chi connectivity index (χ1v) is 7.59. The van der Waals surface area contributed by atoms with Gasteiger partial charge in [0.2, 0.25) is 0 Å². The summed E-state index contributed by atoms with van der Waals surface area (Å²) in [5.74, 6) is 1.64. The molecule has 0 unspecified atom stereocenters. The van der Waals surface area contributed by atoms with Crippen LogP contribution in [0.15, 0.2) is 6.33 Å². The molecule has 0 amide bonds. The van der Waals surface area contributed by atoms with Gasteiger partial charge in [-0.3, -0.25) is 0 Å². The number of hydrogen-bond donors (Lipinski definition) is 1. The normalized spacial score (nSPS) is 22.7. The molecule has 5 heteroatoms. The molecule has 1 aliphatic rings. The summed E-state index contributed by atoms with van der Waals surface area (Å²) in [6, 6.07) is 0. The average Bonchev–Trinajstić information content (AvgIpc) is 2.80. The summed E-state index contributed by atoms with van der Waals surface area (Å²) in [6.07, 6.45) is 8.03. The highest BCUT2D eigenvalue weighted by Gasteiger charge is 2.20. The second-order valence-electron chi connectivity index (χ2n) is 5.81. The molecule has 20 heavy (non-hydrogen) atoms. The highest BCUT2D eigenvalue weighted by Crippen LogP contribution is 2.30. The Kier molecular flexibility index (Phi) is 5.04. The minimum absolute atomic E-state index is 0.240. The first-order chi connectivity index (χ1) is 9.61. The van der Waals surface area contributed by atoms with Gasteiger partial charge >= 0.3 is 5.97 Å². The van der Waals surface area contributed by atoms with E-state index in [1.165, 1.54) is 25.7 Å². The van der Waals surface area contributed by atoms with Gasteiger partial charge in [-0.25, -0.2) is 9.78 Å². The quantitative estimate of drug-likeness (QED) is 0.841. The number of nitrogens with two attached hydrogens (primary N) is 1. The molecule has 2 N–H and O–H groups in total. The predicted octanol–water partition coefficient (Wildman–Crippen LogP) is 2.86. The van der Waals surface area contributed by atoms with Crippen molar-refractivity contribution in [1.82, 2.24) is 9.55 Å². The minimum Gasteiger partial charge on any atom is -0.461 e. The van der Waals surface area contributed by atoms with Crippen LogP contribution in [0.5, 0.6) is 0 Å². The van der Waals surface area contributed by atoms with E-state index in [1.807, 2.05) is 4.57 Å². The van der Waals surface area contributed by atoms with Crippen LogP contribution >= 0.6 is 0 Å². The third kappa shape index (κ3) is 3.52. The Labute approximate surface area is 120 Å². The zero-order valence-corrected chi connectivity index (χ0v) is 12.5. The lowest BCUT2D eigenvalue weighted by atomic mass is 9.81. The molecule has 1 heterocycles. The van der Waals surface area contributed by atoms with Crippen LogP contribution in [0, 0.1) is 11.8 Å². The van der Waals surface area contributed by atoms with E-state index in [2.05, 4.69) is 11.9 Å². The van der Waals surface area contributed by atoms with Gasteiger partial charge in [-0.15, -0.1) is 0 Å². The number of rotatable bonds is 5. The van der Waals surface area contributed by atoms with Crippen molar-refractivity contribution in [3.63, 3.8) is 0 Å². The molecule has 1 aromatic rings. The summed E-state index contributed by atoms with van der Waals surface area (Å²) < 4.78 is 6.80. The molecule has 0 atom stereocenters. The molecule has 0 aliphatic heterocycles. The van der Waals surface area contributed by atoms with Crippen LogP contribution in [0.1, 0.15) is 56.4 Å². The maximum Gasteiger partial charge on any atom is 0.360 e. The Hall–Kier alpha value is -1.52. The van der Waals surface area contributed by atoms with Gasteiger partial charge < -0.3 is 15.0 Å². The number of nitrogens with zero attached hydrogens (tertiary/aromatic N) is 2. The zero-order valence-electron chi connectivity index (χ0n) is 12.5. The zero-order chi connectivity index (χ0) is 14.5. The number of hydrogen-bond acceptors (Lipinski definition) is 4. The maximum atomic E-state index is 11.6. The summed E-state index contributed by atoms with van der Waals surface area (Å²) >= 11 is 0. The second-order valence-corrected chi connectivity index (χ2v) is 5.81. The second kappa shape index (κ2) is 6.77. The third-order valence-electron chi connectivity index (χ3n) is 4.26. The summed E-state index contributed by atoms with van der Waals surface area (Å²) in [4.78, 5) is 15.7. The summed E-state index contributed by atoms with van der Waals surface area (Å²) in [5, 5.41) is 0. The van der Waals surface area contributed by atoms with Gasteiger partial charge in [-0.2, -0.15) is 0 Å². The van der Waals surface area contributed by atoms with Crippen LogP contribution in [0.4, 0.5) is 5.82 Å². The van der Waals surface area contributed by atoms with E-state index in [-0.39, 0.29) is 5.69 Å². The number of esters is 1. The number of nitrogen functional groups attached to an aromatic ring is 1. The van der Waals surface area contributed by atoms with Gasteiger partial charge in [0.05, 0.1) is 12.9 Å². The van der Waals surface area contributed by atoms with Gasteiger partial charge in [0.15, 0.2) is 5.69 Å². The van der Waals surface area contributed by atoms with Crippen molar-refractivity contribution >= 4 is 11.8 Å². The van der Waals surface area contributed by atoms with Gasteiger partial charge in [-0.05, 0) is 25.2 Å². The number of carbonyl (C=O) groups excluding carboxylic acids is 1. The average molecular weight is 279 g/mol. The van der Waals surface area contributed by atoms with Crippen molar-refractivity contribution in [2.45, 2.75) is 52.5 Å². The molecule has 1 saturated carbocycles. The summed E-state index contributed by atoms with van der Waals surface area (Å²) in [5.41, 5.74) is 6.21. The fourth-order valence-electron chi connectivity index (χ4n) is 2.87. The smallest absolute Gasteiger partial charge is 0.360 e. The lowest BCUT2D eigenvalue weighted by Gasteiger charge is -2.26. The van der Waals surface area contributed by atoms with Crippen LogP contribution in [0.25, 0.3) is 0 Å². The van der Waals surface area contributed by atoms with Gasteiger partial charge in [0, 0.05) is 6.54 Å². The monoisotopic (exact) mass is 279 g/mol. The number of anilines is 1. The molecule has 112 valence electrons. The van der Waals surface area contributed by atoms with E-state index in [0.29, 0.717) is 12.4 Å². The van der Waals surface area contributed by atoms with Crippen LogP contribution in [0.2, 0.25) is 0 Å². The van der Waals surface area contributed by atoms with Gasteiger partial charge in [-0.1, -0.05) is 32.6 Å². The third-order valence-corrected chi connectivity index (χ3v) is 4.26. The highest BCUT2D eigenvalue weighted by molar-refractivity contribution is 5.92. The molecule has 5 nitrogen and oxygen atoms in total. The van der Waals surface area contributed by atoms with Crippen molar-refractivity contribution in [3.8, 4) is 0 Å². The highest BCUT2D eigenvalue weighted by atomic mass is 16.5. The Morgan fingerprint density at radius 2 is 2.15 bits per heavy atom. The van der Waals surface area contributed by atoms with E-state index in [4.69, 9.17) is 10.5 Å². The van der Waals surface area contributed by atoms with E-state index in [0.717, 1.165) is 24.8 Å². The molecule has 0 saturated heterocycles. The molecular weight excluding hydrogens is 254 g/mol. The largest absolute Gasteiger partial charge is 0.461 e. The van der Waals surface area contributed by atoms with Crippen LogP contribution in [-0.2, 0) is 11.3 Å². The van der Waals surface area contributed by atoms with E-state index < -0.39 is 5.97 Å². The molecule has 0 radical (unpaired) electrons. The van der Waals surface area contributed by atoms with Crippen molar-refractivity contribution in [3.05, 3.63) is 12.0 Å². The Morgan fingerprint density at radius 3 is 2.80 bits per heavy atom. The lowest BCUT2D eigenvalue weighted by molar-refractivity contribution is 0.0521. The molecule has 1 fully saturated rings. The number of carbonyl (C=O) groups is 1. The topological polar surface area (TPSA) is 70.1 Å². The standard InChI is InChI=1S/C15H25N3O2/c1-3-20-15(19)13-14(16)18(10-17-13)9-8-12-6-4-11(2)5-7-12/h10-12H,3-9,16H2,1-2H3. The first kappa shape index (κ1) is 14.9. The lowest BCUT2D eigenvalue weighted by Crippen LogP contribution is -2.15. The molecule has 0 aromatic carbocycles. The number of imidazole rings is 1. The maximum absolute atomic E-state index is 11.6. The molecule has 0 spiro atoms. The molecule has 0 bridgehead atoms. The fourth-order valence-corrected chi connectivity index (χ4v) is 2.87. The van der Waals surface area contributed by atoms with Gasteiger partial charge in [0.1, 0.15) is 5.82 Å². The van der Waals surface area contributed by atoms with Crippen LogP contribution < -0.4 is 5.73 Å². The summed E-state index contributed by atoms with van der Waals surface area (Å²) in [6.45, 7) is 5.27. The first-order valence-electron chi connectivity index (χ1n) is 7.59. The molecule has 2 rings (SSSR count). The van der Waals surface area contributed by atoms with Gasteiger partial charge in [0.25, 0.3) is 0 Å². The Morgan fingerprint density at radius 1 is 1.45 bits per heavy atom. The Bertz CT molecular complexity index is 448. The SMILES string of the molecule is CCOC(=O)c1ncn(CCC2CCC(C)CC2)c1N. The van der Waals surface area contributed by atoms with Crippen molar-refractivity contribution in [2.75, 3.05) is 12.3 Å². The minimum atomic E-state index is -0.435.